The number of nitrogens with zero attached hydrogens (tertiary/aromatic N) is 4. The molecule has 2 unspecified atom stereocenters. The van der Waals surface area contributed by atoms with Crippen LogP contribution in [0.25, 0.3) is 27.7 Å². The summed E-state index contributed by atoms with van der Waals surface area (Å²) in [5.41, 5.74) is 7.49. The van der Waals surface area contributed by atoms with Crippen LogP contribution >= 0.6 is 0 Å². The zero-order valence-electron chi connectivity index (χ0n) is 19.9. The standard InChI is InChI=1S/C27H30FN5O/c1-31(2)24(34)15-33-18-5-4-6-19(33)12-16(11-18)26-22-14-32(3)23-8-7-17(28)13-21(23)20-9-10-29-27(30-26)25(20)22/h7-11,13,18-19H,4-6,12,14-15H2,1-3H3,(H,29,30). The SMILES string of the molecule is CN(C)C(=O)CN1C2C=C(c3[nH]c4nccc5c4c3CN(C)c3ccc(F)cc3-5)CC1CCC2. The monoisotopic (exact) mass is 459 g/mol. The van der Waals surface area contributed by atoms with Gasteiger partial charge in [0.1, 0.15) is 11.5 Å². The molecule has 7 heteroatoms. The fraction of sp³-hybridized carbons (Fsp3) is 0.407. The molecule has 1 N–H and O–H groups in total. The number of hydrogen-bond acceptors (Lipinski definition) is 4. The van der Waals surface area contributed by atoms with Gasteiger partial charge in [0.2, 0.25) is 5.91 Å². The van der Waals surface area contributed by atoms with E-state index in [0.29, 0.717) is 12.6 Å². The molecule has 1 saturated heterocycles. The maximum atomic E-state index is 14.2. The highest BCUT2D eigenvalue weighted by molar-refractivity contribution is 6.02. The molecule has 3 aliphatic rings. The minimum absolute atomic E-state index is 0.159. The summed E-state index contributed by atoms with van der Waals surface area (Å²) in [6.45, 7) is 1.20. The van der Waals surface area contributed by atoms with Crippen molar-refractivity contribution in [2.45, 2.75) is 44.3 Å². The molecule has 2 aromatic heterocycles. The molecule has 2 atom stereocenters. The lowest BCUT2D eigenvalue weighted by molar-refractivity contribution is -0.131. The van der Waals surface area contributed by atoms with Crippen LogP contribution in [0.5, 0.6) is 0 Å². The topological polar surface area (TPSA) is 55.5 Å². The number of nitrogens with one attached hydrogen (secondary N) is 1. The Balaban J connectivity index is 1.46. The fourth-order valence-electron chi connectivity index (χ4n) is 6.06. The molecular weight excluding hydrogens is 429 g/mol. The highest BCUT2D eigenvalue weighted by Gasteiger charge is 2.37. The number of fused-ring (bicyclic) bond motifs is 4. The lowest BCUT2D eigenvalue weighted by Crippen LogP contribution is -2.52. The van der Waals surface area contributed by atoms with Gasteiger partial charge in [-0.25, -0.2) is 9.37 Å². The first-order valence-corrected chi connectivity index (χ1v) is 12.1. The number of pyridine rings is 1. The fourth-order valence-corrected chi connectivity index (χ4v) is 6.06. The second-order valence-corrected chi connectivity index (χ2v) is 10.1. The number of carbonyl (C=O) groups excluding carboxylic acids is 1. The number of likely N-dealkylation sites (N-methyl/N-ethyl adjacent to an activating group) is 1. The predicted octanol–water partition coefficient (Wildman–Crippen LogP) is 4.42. The Hall–Kier alpha value is -3.19. The van der Waals surface area contributed by atoms with Gasteiger partial charge in [-0.1, -0.05) is 12.5 Å². The van der Waals surface area contributed by atoms with Crippen molar-refractivity contribution in [2.75, 3.05) is 32.6 Å². The number of H-pyrrole nitrogens is 1. The van der Waals surface area contributed by atoms with Crippen molar-refractivity contribution < 1.29 is 9.18 Å². The predicted molar refractivity (Wildman–Crippen MR) is 133 cm³/mol. The van der Waals surface area contributed by atoms with E-state index in [4.69, 9.17) is 0 Å². The molecule has 6 nitrogen and oxygen atoms in total. The summed E-state index contributed by atoms with van der Waals surface area (Å²) in [5, 5.41) is 1.09. The molecule has 6 rings (SSSR count). The Labute approximate surface area is 199 Å². The van der Waals surface area contributed by atoms with E-state index in [-0.39, 0.29) is 17.8 Å². The van der Waals surface area contributed by atoms with E-state index in [1.165, 1.54) is 23.6 Å². The van der Waals surface area contributed by atoms with Gasteiger partial charge in [-0.2, -0.15) is 0 Å². The van der Waals surface area contributed by atoms with Gasteiger partial charge in [0.25, 0.3) is 0 Å². The Morgan fingerprint density at radius 1 is 1.24 bits per heavy atom. The molecule has 34 heavy (non-hydrogen) atoms. The number of rotatable bonds is 3. The molecule has 3 aliphatic heterocycles. The summed E-state index contributed by atoms with van der Waals surface area (Å²) in [6, 6.07) is 7.67. The molecule has 0 aliphatic carbocycles. The number of aromatic amines is 1. The lowest BCUT2D eigenvalue weighted by Gasteiger charge is -2.45. The van der Waals surface area contributed by atoms with Gasteiger partial charge in [-0.3, -0.25) is 9.69 Å². The molecule has 0 saturated carbocycles. The molecule has 0 spiro atoms. The van der Waals surface area contributed by atoms with Gasteiger partial charge < -0.3 is 14.8 Å². The molecule has 1 amide bonds. The van der Waals surface area contributed by atoms with Crippen LogP contribution in [-0.4, -0.2) is 65.4 Å². The van der Waals surface area contributed by atoms with Crippen LogP contribution in [0, 0.1) is 5.82 Å². The van der Waals surface area contributed by atoms with Crippen molar-refractivity contribution in [3.8, 4) is 11.1 Å². The van der Waals surface area contributed by atoms with Crippen molar-refractivity contribution in [2.24, 2.45) is 0 Å². The van der Waals surface area contributed by atoms with Crippen LogP contribution in [0.4, 0.5) is 10.1 Å². The summed E-state index contributed by atoms with van der Waals surface area (Å²) in [4.78, 5) is 27.0. The summed E-state index contributed by atoms with van der Waals surface area (Å²) in [6.07, 6.45) is 8.47. The number of halogens is 1. The third kappa shape index (κ3) is 3.33. The number of anilines is 1. The van der Waals surface area contributed by atoms with Gasteiger partial charge >= 0.3 is 0 Å². The number of amides is 1. The van der Waals surface area contributed by atoms with Gasteiger partial charge in [0.05, 0.1) is 6.54 Å². The highest BCUT2D eigenvalue weighted by Crippen LogP contribution is 2.45. The molecule has 0 radical (unpaired) electrons. The van der Waals surface area contributed by atoms with E-state index in [0.717, 1.165) is 59.3 Å². The van der Waals surface area contributed by atoms with Crippen molar-refractivity contribution in [3.05, 3.63) is 53.6 Å². The number of hydrogen-bond donors (Lipinski definition) is 1. The largest absolute Gasteiger partial charge is 0.370 e. The van der Waals surface area contributed by atoms with E-state index in [2.05, 4.69) is 32.9 Å². The number of carbonyl (C=O) groups is 1. The Morgan fingerprint density at radius 3 is 2.88 bits per heavy atom. The maximum Gasteiger partial charge on any atom is 0.236 e. The molecule has 1 aromatic carbocycles. The van der Waals surface area contributed by atoms with Crippen LogP contribution in [-0.2, 0) is 11.3 Å². The summed E-state index contributed by atoms with van der Waals surface area (Å²) < 4.78 is 14.2. The molecule has 1 fully saturated rings. The number of piperidine rings is 1. The Bertz CT molecular complexity index is 1330. The maximum absolute atomic E-state index is 14.2. The van der Waals surface area contributed by atoms with Crippen LogP contribution in [0.1, 0.15) is 36.9 Å². The normalized spacial score (nSPS) is 21.8. The first-order valence-electron chi connectivity index (χ1n) is 12.1. The molecule has 2 bridgehead atoms. The molecule has 5 heterocycles. The summed E-state index contributed by atoms with van der Waals surface area (Å²) in [7, 11) is 5.72. The average molecular weight is 460 g/mol. The molecule has 176 valence electrons. The van der Waals surface area contributed by atoms with Crippen molar-refractivity contribution in [1.82, 2.24) is 19.8 Å². The minimum Gasteiger partial charge on any atom is -0.370 e. The third-order valence-corrected chi connectivity index (χ3v) is 7.77. The smallest absolute Gasteiger partial charge is 0.236 e. The molecule has 3 aromatic rings. The van der Waals surface area contributed by atoms with Crippen molar-refractivity contribution in [3.63, 3.8) is 0 Å². The average Bonchev–Trinajstić information content (AvgIpc) is 3.11. The van der Waals surface area contributed by atoms with Gasteiger partial charge in [0.15, 0.2) is 0 Å². The number of benzene rings is 1. The van der Waals surface area contributed by atoms with Gasteiger partial charge in [0, 0.05) is 73.9 Å². The first kappa shape index (κ1) is 21.4. The quantitative estimate of drug-likeness (QED) is 0.630. The van der Waals surface area contributed by atoms with Crippen LogP contribution in [0.2, 0.25) is 0 Å². The van der Waals surface area contributed by atoms with Gasteiger partial charge in [-0.15, -0.1) is 0 Å². The van der Waals surface area contributed by atoms with Crippen LogP contribution in [0.3, 0.4) is 0 Å². The van der Waals surface area contributed by atoms with Crippen LogP contribution in [0.15, 0.2) is 36.5 Å². The van der Waals surface area contributed by atoms with Gasteiger partial charge in [-0.05, 0) is 54.7 Å². The highest BCUT2D eigenvalue weighted by atomic mass is 19.1. The summed E-state index contributed by atoms with van der Waals surface area (Å²) in [5.74, 6) is -0.0714. The van der Waals surface area contributed by atoms with E-state index in [1.54, 1.807) is 17.2 Å². The van der Waals surface area contributed by atoms with E-state index in [1.807, 2.05) is 26.2 Å². The Morgan fingerprint density at radius 2 is 2.09 bits per heavy atom. The van der Waals surface area contributed by atoms with E-state index in [9.17, 15) is 9.18 Å². The van der Waals surface area contributed by atoms with Crippen molar-refractivity contribution in [1.29, 1.82) is 0 Å². The second kappa shape index (κ2) is 7.94. The van der Waals surface area contributed by atoms with E-state index >= 15 is 0 Å². The number of aromatic nitrogens is 2. The lowest BCUT2D eigenvalue weighted by atomic mass is 9.83. The third-order valence-electron chi connectivity index (χ3n) is 7.77. The van der Waals surface area contributed by atoms with Crippen LogP contribution < -0.4 is 4.90 Å². The van der Waals surface area contributed by atoms with E-state index < -0.39 is 0 Å². The zero-order chi connectivity index (χ0) is 23.6. The minimum atomic E-state index is -0.230. The first-order chi connectivity index (χ1) is 16.4. The van der Waals surface area contributed by atoms with Crippen molar-refractivity contribution >= 4 is 28.2 Å². The molecular formula is C27H30FN5O. The summed E-state index contributed by atoms with van der Waals surface area (Å²) >= 11 is 0. The zero-order valence-corrected chi connectivity index (χ0v) is 19.9. The second-order valence-electron chi connectivity index (χ2n) is 10.1. The Kier molecular flexibility index (Phi) is 4.99.